The molecule has 0 saturated heterocycles. The summed E-state index contributed by atoms with van der Waals surface area (Å²) in [5, 5.41) is 10.5. The molecule has 2 aromatic carbocycles. The highest BCUT2D eigenvalue weighted by Crippen LogP contribution is 2.27. The molecule has 4 heteroatoms. The van der Waals surface area contributed by atoms with Crippen LogP contribution in [0.3, 0.4) is 0 Å². The molecule has 2 rings (SSSR count). The van der Waals surface area contributed by atoms with Gasteiger partial charge < -0.3 is 9.84 Å². The Morgan fingerprint density at radius 2 is 1.81 bits per heavy atom. The molecule has 0 saturated carbocycles. The number of hydrogen-bond acceptors (Lipinski definition) is 4. The summed E-state index contributed by atoms with van der Waals surface area (Å²) in [6, 6.07) is 16.4. The smallest absolute Gasteiger partial charge is 0.169 e. The molecule has 0 radical (unpaired) electrons. The molecule has 0 unspecified atom stereocenters. The van der Waals surface area contributed by atoms with Gasteiger partial charge in [-0.2, -0.15) is 0 Å². The largest absolute Gasteiger partial charge is 0.388 e. The summed E-state index contributed by atoms with van der Waals surface area (Å²) in [5.74, 6) is 0. The van der Waals surface area contributed by atoms with E-state index in [4.69, 9.17) is 10.5 Å². The van der Waals surface area contributed by atoms with Crippen molar-refractivity contribution in [3.05, 3.63) is 71.3 Å². The van der Waals surface area contributed by atoms with Crippen molar-refractivity contribution >= 4 is 6.29 Å². The van der Waals surface area contributed by atoms with Crippen molar-refractivity contribution in [2.75, 3.05) is 7.11 Å². The zero-order valence-corrected chi connectivity index (χ0v) is 11.9. The minimum absolute atomic E-state index is 0.332. The van der Waals surface area contributed by atoms with Gasteiger partial charge in [0, 0.05) is 24.7 Å². The maximum atomic E-state index is 11.2. The topological polar surface area (TPSA) is 72.5 Å². The molecule has 0 aliphatic rings. The Kier molecular flexibility index (Phi) is 4.85. The molecule has 0 bridgehead atoms. The lowest BCUT2D eigenvalue weighted by Crippen LogP contribution is -2.51. The van der Waals surface area contributed by atoms with Crippen molar-refractivity contribution in [3.8, 4) is 0 Å². The number of aliphatic hydroxyl groups excluding tert-OH is 1. The van der Waals surface area contributed by atoms with Gasteiger partial charge in [-0.05, 0) is 5.56 Å². The summed E-state index contributed by atoms with van der Waals surface area (Å²) in [6.07, 6.45) is 0.0647. The SMILES string of the molecule is CO[C@@](N)(c1ccccc1C=O)[C@@H](O)Cc1ccccc1. The second kappa shape index (κ2) is 6.63. The zero-order valence-electron chi connectivity index (χ0n) is 11.9. The van der Waals surface area contributed by atoms with Crippen LogP contribution in [0.5, 0.6) is 0 Å². The second-order valence-corrected chi connectivity index (χ2v) is 4.91. The molecule has 0 heterocycles. The number of hydrogen-bond donors (Lipinski definition) is 2. The van der Waals surface area contributed by atoms with E-state index in [1.807, 2.05) is 30.3 Å². The van der Waals surface area contributed by atoms with Gasteiger partial charge in [0.25, 0.3) is 0 Å². The molecule has 0 aliphatic heterocycles. The lowest BCUT2D eigenvalue weighted by Gasteiger charge is -2.34. The Balaban J connectivity index is 2.34. The summed E-state index contributed by atoms with van der Waals surface area (Å²) in [7, 11) is 1.43. The second-order valence-electron chi connectivity index (χ2n) is 4.91. The van der Waals surface area contributed by atoms with Crippen LogP contribution in [0.4, 0.5) is 0 Å². The summed E-state index contributed by atoms with van der Waals surface area (Å²) < 4.78 is 5.37. The third-order valence-corrected chi connectivity index (χ3v) is 3.61. The highest BCUT2D eigenvalue weighted by molar-refractivity contribution is 5.77. The van der Waals surface area contributed by atoms with Gasteiger partial charge in [0.15, 0.2) is 5.72 Å². The highest BCUT2D eigenvalue weighted by Gasteiger charge is 2.37. The van der Waals surface area contributed by atoms with Crippen molar-refractivity contribution in [2.45, 2.75) is 18.2 Å². The maximum absolute atomic E-state index is 11.2. The van der Waals surface area contributed by atoms with Gasteiger partial charge in [0.05, 0.1) is 0 Å². The van der Waals surface area contributed by atoms with E-state index in [0.717, 1.165) is 5.56 Å². The summed E-state index contributed by atoms with van der Waals surface area (Å²) >= 11 is 0. The summed E-state index contributed by atoms with van der Waals surface area (Å²) in [6.45, 7) is 0. The molecule has 0 aromatic heterocycles. The third-order valence-electron chi connectivity index (χ3n) is 3.61. The lowest BCUT2D eigenvalue weighted by molar-refractivity contribution is -0.105. The van der Waals surface area contributed by atoms with Crippen molar-refractivity contribution in [2.24, 2.45) is 5.73 Å². The summed E-state index contributed by atoms with van der Waals surface area (Å²) in [5.41, 5.74) is 6.65. The lowest BCUT2D eigenvalue weighted by atomic mass is 9.90. The number of carbonyl (C=O) groups excluding carboxylic acids is 1. The van der Waals surface area contributed by atoms with Crippen molar-refractivity contribution in [1.29, 1.82) is 0 Å². The van der Waals surface area contributed by atoms with Crippen LogP contribution in [0.2, 0.25) is 0 Å². The first-order valence-corrected chi connectivity index (χ1v) is 6.72. The zero-order chi connectivity index (χ0) is 15.3. The van der Waals surface area contributed by atoms with E-state index >= 15 is 0 Å². The monoisotopic (exact) mass is 285 g/mol. The van der Waals surface area contributed by atoms with Gasteiger partial charge in [-0.3, -0.25) is 10.5 Å². The van der Waals surface area contributed by atoms with Gasteiger partial charge in [0.1, 0.15) is 12.4 Å². The van der Waals surface area contributed by atoms with E-state index in [-0.39, 0.29) is 0 Å². The summed E-state index contributed by atoms with van der Waals surface area (Å²) in [4.78, 5) is 11.2. The number of aliphatic hydroxyl groups is 1. The Morgan fingerprint density at radius 3 is 2.43 bits per heavy atom. The average molecular weight is 285 g/mol. The Labute approximate surface area is 124 Å². The molecule has 0 aliphatic carbocycles. The highest BCUT2D eigenvalue weighted by atomic mass is 16.5. The fourth-order valence-electron chi connectivity index (χ4n) is 2.37. The first kappa shape index (κ1) is 15.4. The van der Waals surface area contributed by atoms with Gasteiger partial charge in [-0.1, -0.05) is 54.6 Å². The number of ether oxygens (including phenoxy) is 1. The van der Waals surface area contributed by atoms with Crippen LogP contribution in [0.25, 0.3) is 0 Å². The fraction of sp³-hybridized carbons (Fsp3) is 0.235. The number of methoxy groups -OCH3 is 1. The Morgan fingerprint density at radius 1 is 1.19 bits per heavy atom. The van der Waals surface area contributed by atoms with Crippen molar-refractivity contribution in [1.82, 2.24) is 0 Å². The molecule has 0 fully saturated rings. The molecule has 21 heavy (non-hydrogen) atoms. The van der Waals surface area contributed by atoms with Crippen molar-refractivity contribution in [3.63, 3.8) is 0 Å². The van der Waals surface area contributed by atoms with E-state index in [0.29, 0.717) is 23.8 Å². The van der Waals surface area contributed by atoms with Gasteiger partial charge in [-0.25, -0.2) is 0 Å². The molecule has 110 valence electrons. The number of benzene rings is 2. The van der Waals surface area contributed by atoms with E-state index in [1.54, 1.807) is 24.3 Å². The van der Waals surface area contributed by atoms with Crippen LogP contribution in [0.15, 0.2) is 54.6 Å². The third kappa shape index (κ3) is 3.19. The van der Waals surface area contributed by atoms with Crippen LogP contribution in [-0.2, 0) is 16.9 Å². The van der Waals surface area contributed by atoms with Gasteiger partial charge in [0.2, 0.25) is 0 Å². The Hall–Kier alpha value is -2.01. The molecule has 4 nitrogen and oxygen atoms in total. The average Bonchev–Trinajstić information content (AvgIpc) is 2.55. The minimum Gasteiger partial charge on any atom is -0.388 e. The van der Waals surface area contributed by atoms with E-state index in [2.05, 4.69) is 0 Å². The van der Waals surface area contributed by atoms with Crippen LogP contribution < -0.4 is 5.73 Å². The first-order valence-electron chi connectivity index (χ1n) is 6.72. The van der Waals surface area contributed by atoms with E-state index < -0.39 is 11.8 Å². The number of aldehydes is 1. The molecule has 0 spiro atoms. The first-order chi connectivity index (χ1) is 10.1. The molecule has 3 N–H and O–H groups in total. The van der Waals surface area contributed by atoms with E-state index in [1.165, 1.54) is 7.11 Å². The minimum atomic E-state index is -1.44. The van der Waals surface area contributed by atoms with Gasteiger partial charge in [-0.15, -0.1) is 0 Å². The Bertz CT molecular complexity index is 600. The van der Waals surface area contributed by atoms with Crippen LogP contribution in [-0.4, -0.2) is 24.6 Å². The standard InChI is InChI=1S/C17H19NO3/c1-21-17(18,15-10-6-5-9-14(15)12-19)16(20)11-13-7-3-2-4-8-13/h2-10,12,16,20H,11,18H2,1H3/t16-,17-/m0/s1. The van der Waals surface area contributed by atoms with Crippen LogP contribution in [0.1, 0.15) is 21.5 Å². The number of carbonyl (C=O) groups is 1. The predicted molar refractivity (Wildman–Crippen MR) is 80.9 cm³/mol. The molecule has 2 aromatic rings. The normalized spacial score (nSPS) is 15.2. The van der Waals surface area contributed by atoms with Crippen LogP contribution >= 0.6 is 0 Å². The maximum Gasteiger partial charge on any atom is 0.169 e. The molecule has 0 amide bonds. The van der Waals surface area contributed by atoms with Crippen LogP contribution in [0, 0.1) is 0 Å². The van der Waals surface area contributed by atoms with E-state index in [9.17, 15) is 9.90 Å². The van der Waals surface area contributed by atoms with Crippen molar-refractivity contribution < 1.29 is 14.6 Å². The fourth-order valence-corrected chi connectivity index (χ4v) is 2.37. The number of nitrogens with two attached hydrogens (primary N) is 1. The molecular formula is C17H19NO3. The predicted octanol–water partition coefficient (Wildman–Crippen LogP) is 1.86. The quantitative estimate of drug-likeness (QED) is 0.627. The van der Waals surface area contributed by atoms with Gasteiger partial charge >= 0.3 is 0 Å². The molecule has 2 atom stereocenters. The number of rotatable bonds is 6. The molecular weight excluding hydrogens is 266 g/mol.